The number of carbonyl (C=O) groups is 3. The summed E-state index contributed by atoms with van der Waals surface area (Å²) in [6.07, 6.45) is -0.196. The van der Waals surface area contributed by atoms with Crippen molar-refractivity contribution in [3.8, 4) is 0 Å². The van der Waals surface area contributed by atoms with Gasteiger partial charge in [-0.1, -0.05) is 0 Å². The molecule has 98 valence electrons. The summed E-state index contributed by atoms with van der Waals surface area (Å²) >= 11 is 0. The Morgan fingerprint density at radius 3 is 2.18 bits per heavy atom. The summed E-state index contributed by atoms with van der Waals surface area (Å²) in [7, 11) is 0. The SMILES string of the molecule is CC(C)(N)CCC(=O)NC(CC(=O)O)C(=O)O. The number of rotatable bonds is 7. The molecule has 0 bridgehead atoms. The number of carbonyl (C=O) groups excluding carboxylic acids is 1. The second-order valence-electron chi connectivity index (χ2n) is 4.54. The first-order valence-corrected chi connectivity index (χ1v) is 5.14. The summed E-state index contributed by atoms with van der Waals surface area (Å²) in [5.41, 5.74) is 5.14. The molecule has 0 aliphatic rings. The van der Waals surface area contributed by atoms with Gasteiger partial charge in [0.1, 0.15) is 6.04 Å². The minimum atomic E-state index is -1.40. The zero-order chi connectivity index (χ0) is 13.6. The highest BCUT2D eigenvalue weighted by Crippen LogP contribution is 2.07. The van der Waals surface area contributed by atoms with Crippen molar-refractivity contribution in [3.05, 3.63) is 0 Å². The third-order valence-electron chi connectivity index (χ3n) is 2.01. The van der Waals surface area contributed by atoms with Crippen molar-refractivity contribution in [2.24, 2.45) is 5.73 Å². The van der Waals surface area contributed by atoms with E-state index in [-0.39, 0.29) is 6.42 Å². The summed E-state index contributed by atoms with van der Waals surface area (Å²) in [6, 6.07) is -1.40. The molecule has 1 unspecified atom stereocenters. The van der Waals surface area contributed by atoms with Gasteiger partial charge in [0, 0.05) is 12.0 Å². The van der Waals surface area contributed by atoms with Crippen molar-refractivity contribution < 1.29 is 24.6 Å². The van der Waals surface area contributed by atoms with Crippen molar-refractivity contribution in [1.82, 2.24) is 5.32 Å². The van der Waals surface area contributed by atoms with Gasteiger partial charge >= 0.3 is 11.9 Å². The first kappa shape index (κ1) is 15.4. The van der Waals surface area contributed by atoms with Crippen molar-refractivity contribution in [2.45, 2.75) is 44.7 Å². The molecule has 0 fully saturated rings. The highest BCUT2D eigenvalue weighted by molar-refractivity contribution is 5.86. The fourth-order valence-corrected chi connectivity index (χ4v) is 1.08. The maximum Gasteiger partial charge on any atom is 0.326 e. The Labute approximate surface area is 99.0 Å². The van der Waals surface area contributed by atoms with E-state index in [1.165, 1.54) is 0 Å². The molecule has 0 spiro atoms. The Bertz CT molecular complexity index is 308. The van der Waals surface area contributed by atoms with E-state index < -0.39 is 35.8 Å². The third-order valence-corrected chi connectivity index (χ3v) is 2.01. The highest BCUT2D eigenvalue weighted by Gasteiger charge is 2.23. The van der Waals surface area contributed by atoms with E-state index in [9.17, 15) is 14.4 Å². The van der Waals surface area contributed by atoms with E-state index >= 15 is 0 Å². The molecule has 1 amide bonds. The molecule has 0 rings (SSSR count). The summed E-state index contributed by atoms with van der Waals surface area (Å²) in [6.45, 7) is 3.48. The Hall–Kier alpha value is -1.63. The van der Waals surface area contributed by atoms with Gasteiger partial charge in [0.05, 0.1) is 6.42 Å². The van der Waals surface area contributed by atoms with Crippen LogP contribution in [-0.4, -0.2) is 39.6 Å². The van der Waals surface area contributed by atoms with Gasteiger partial charge in [-0.2, -0.15) is 0 Å². The van der Waals surface area contributed by atoms with Gasteiger partial charge in [0.15, 0.2) is 0 Å². The maximum absolute atomic E-state index is 11.4. The average Bonchev–Trinajstić information content (AvgIpc) is 2.11. The smallest absolute Gasteiger partial charge is 0.326 e. The maximum atomic E-state index is 11.4. The summed E-state index contributed by atoms with van der Waals surface area (Å²) < 4.78 is 0. The molecular formula is C10H18N2O5. The molecule has 0 aliphatic heterocycles. The zero-order valence-corrected chi connectivity index (χ0v) is 9.90. The lowest BCUT2D eigenvalue weighted by Gasteiger charge is -2.18. The van der Waals surface area contributed by atoms with Gasteiger partial charge in [-0.15, -0.1) is 0 Å². The van der Waals surface area contributed by atoms with Crippen LogP contribution < -0.4 is 11.1 Å². The second-order valence-corrected chi connectivity index (χ2v) is 4.54. The Morgan fingerprint density at radius 2 is 1.82 bits per heavy atom. The number of nitrogens with one attached hydrogen (secondary N) is 1. The number of hydrogen-bond donors (Lipinski definition) is 4. The Morgan fingerprint density at radius 1 is 1.29 bits per heavy atom. The lowest BCUT2D eigenvalue weighted by atomic mass is 10.00. The molecule has 0 heterocycles. The van der Waals surface area contributed by atoms with Gasteiger partial charge < -0.3 is 21.3 Å². The van der Waals surface area contributed by atoms with Crippen LogP contribution in [-0.2, 0) is 14.4 Å². The molecule has 0 aliphatic carbocycles. The number of carboxylic acids is 2. The van der Waals surface area contributed by atoms with Crippen molar-refractivity contribution in [1.29, 1.82) is 0 Å². The van der Waals surface area contributed by atoms with Crippen LogP contribution in [0.2, 0.25) is 0 Å². The van der Waals surface area contributed by atoms with Crippen molar-refractivity contribution in [3.63, 3.8) is 0 Å². The number of aliphatic carboxylic acids is 2. The monoisotopic (exact) mass is 246 g/mol. The molecule has 1 atom stereocenters. The van der Waals surface area contributed by atoms with Gasteiger partial charge in [-0.25, -0.2) is 4.79 Å². The fraction of sp³-hybridized carbons (Fsp3) is 0.700. The van der Waals surface area contributed by atoms with Crippen LogP contribution in [0.25, 0.3) is 0 Å². The molecule has 0 saturated heterocycles. The van der Waals surface area contributed by atoms with Crippen LogP contribution in [0.3, 0.4) is 0 Å². The van der Waals surface area contributed by atoms with Crippen LogP contribution in [0.15, 0.2) is 0 Å². The minimum Gasteiger partial charge on any atom is -0.481 e. The van der Waals surface area contributed by atoms with E-state index in [1.54, 1.807) is 13.8 Å². The minimum absolute atomic E-state index is 0.0624. The summed E-state index contributed by atoms with van der Waals surface area (Å²) in [5.74, 6) is -3.17. The van der Waals surface area contributed by atoms with Gasteiger partial charge in [0.2, 0.25) is 5.91 Å². The van der Waals surface area contributed by atoms with Crippen LogP contribution in [0.4, 0.5) is 0 Å². The Balaban J connectivity index is 4.22. The molecule has 7 nitrogen and oxygen atoms in total. The molecule has 5 N–H and O–H groups in total. The van der Waals surface area contributed by atoms with E-state index in [2.05, 4.69) is 5.32 Å². The number of nitrogens with two attached hydrogens (primary N) is 1. The van der Waals surface area contributed by atoms with E-state index in [1.807, 2.05) is 0 Å². The molecule has 0 radical (unpaired) electrons. The van der Waals surface area contributed by atoms with Crippen LogP contribution in [0.5, 0.6) is 0 Å². The number of amides is 1. The average molecular weight is 246 g/mol. The zero-order valence-electron chi connectivity index (χ0n) is 9.90. The van der Waals surface area contributed by atoms with Gasteiger partial charge in [-0.05, 0) is 20.3 Å². The summed E-state index contributed by atoms with van der Waals surface area (Å²) in [5, 5.41) is 19.3. The second kappa shape index (κ2) is 6.19. The molecule has 0 saturated carbocycles. The van der Waals surface area contributed by atoms with E-state index in [4.69, 9.17) is 15.9 Å². The molecule has 17 heavy (non-hydrogen) atoms. The van der Waals surface area contributed by atoms with Crippen LogP contribution >= 0.6 is 0 Å². The van der Waals surface area contributed by atoms with Crippen LogP contribution in [0.1, 0.15) is 33.1 Å². The number of carboxylic acid groups (broad SMARTS) is 2. The van der Waals surface area contributed by atoms with Crippen molar-refractivity contribution in [2.75, 3.05) is 0 Å². The summed E-state index contributed by atoms with van der Waals surface area (Å²) in [4.78, 5) is 32.4. The predicted molar refractivity (Wildman–Crippen MR) is 59.3 cm³/mol. The van der Waals surface area contributed by atoms with E-state index in [0.717, 1.165) is 0 Å². The highest BCUT2D eigenvalue weighted by atomic mass is 16.4. The molecular weight excluding hydrogens is 228 g/mol. The van der Waals surface area contributed by atoms with Crippen molar-refractivity contribution >= 4 is 17.8 Å². The standard InChI is InChI=1S/C10H18N2O5/c1-10(2,11)4-3-7(13)12-6(9(16)17)5-8(14)15/h6H,3-5,11H2,1-2H3,(H,12,13)(H,14,15)(H,16,17). The molecule has 0 aromatic rings. The quantitative estimate of drug-likeness (QED) is 0.481. The fourth-order valence-electron chi connectivity index (χ4n) is 1.08. The van der Waals surface area contributed by atoms with Gasteiger partial charge in [-0.3, -0.25) is 9.59 Å². The predicted octanol–water partition coefficient (Wildman–Crippen LogP) is -0.452. The third kappa shape index (κ3) is 8.21. The topological polar surface area (TPSA) is 130 Å². The molecule has 0 aromatic heterocycles. The Kier molecular flexibility index (Phi) is 5.60. The molecule has 7 heteroatoms. The largest absolute Gasteiger partial charge is 0.481 e. The van der Waals surface area contributed by atoms with Gasteiger partial charge in [0.25, 0.3) is 0 Å². The normalized spacial score (nSPS) is 12.9. The lowest BCUT2D eigenvalue weighted by molar-refractivity contribution is -0.147. The molecule has 0 aromatic carbocycles. The van der Waals surface area contributed by atoms with Crippen LogP contribution in [0, 0.1) is 0 Å². The van der Waals surface area contributed by atoms with E-state index in [0.29, 0.717) is 6.42 Å². The number of hydrogen-bond acceptors (Lipinski definition) is 4. The first-order valence-electron chi connectivity index (χ1n) is 5.14. The lowest BCUT2D eigenvalue weighted by Crippen LogP contribution is -2.43. The first-order chi connectivity index (χ1) is 7.61.